The number of ether oxygens (including phenoxy) is 1. The van der Waals surface area contributed by atoms with Gasteiger partial charge in [0.1, 0.15) is 17.9 Å². The predicted molar refractivity (Wildman–Crippen MR) is 98.9 cm³/mol. The average molecular weight is 390 g/mol. The molecule has 2 unspecified atom stereocenters. The number of nitrogens with two attached hydrogens (primary N) is 1. The third-order valence-corrected chi connectivity index (χ3v) is 3.12. The normalized spacial score (nSPS) is 12.1. The quantitative estimate of drug-likeness (QED) is 0.562. The Morgan fingerprint density at radius 2 is 1.88 bits per heavy atom. The maximum Gasteiger partial charge on any atom is 0.252 e. The SMILES string of the molecule is COCC(N)C(=O)NC(C(=O)Nc1ccn[nH]1)c1ccccc1.Cl.Cl. The van der Waals surface area contributed by atoms with Gasteiger partial charge >= 0.3 is 0 Å². The zero-order chi connectivity index (χ0) is 16.7. The minimum Gasteiger partial charge on any atom is -0.383 e. The molecular weight excluding hydrogens is 369 g/mol. The van der Waals surface area contributed by atoms with Crippen LogP contribution in [0.1, 0.15) is 11.6 Å². The number of hydrogen-bond acceptors (Lipinski definition) is 5. The van der Waals surface area contributed by atoms with Gasteiger partial charge in [-0.15, -0.1) is 24.8 Å². The van der Waals surface area contributed by atoms with Gasteiger partial charge in [0.15, 0.2) is 0 Å². The number of nitrogens with zero attached hydrogens (tertiary/aromatic N) is 1. The lowest BCUT2D eigenvalue weighted by Crippen LogP contribution is -2.47. The van der Waals surface area contributed by atoms with Gasteiger partial charge in [0.2, 0.25) is 5.91 Å². The number of hydrogen-bond donors (Lipinski definition) is 4. The summed E-state index contributed by atoms with van der Waals surface area (Å²) in [5.74, 6) is -0.440. The van der Waals surface area contributed by atoms with Crippen LogP contribution in [0.15, 0.2) is 42.6 Å². The molecular formula is C15H21Cl2N5O3. The summed E-state index contributed by atoms with van der Waals surface area (Å²) in [6, 6.07) is 8.77. The summed E-state index contributed by atoms with van der Waals surface area (Å²) in [5.41, 5.74) is 6.35. The molecule has 0 saturated heterocycles. The third kappa shape index (κ3) is 6.71. The highest BCUT2D eigenvalue weighted by molar-refractivity contribution is 5.97. The van der Waals surface area contributed by atoms with Crippen LogP contribution in [-0.2, 0) is 14.3 Å². The Balaban J connectivity index is 0.00000288. The molecule has 2 rings (SSSR count). The Labute approximate surface area is 157 Å². The molecule has 0 aliphatic rings. The molecule has 10 heteroatoms. The van der Waals surface area contributed by atoms with Crippen molar-refractivity contribution >= 4 is 42.4 Å². The van der Waals surface area contributed by atoms with E-state index in [0.717, 1.165) is 0 Å². The fourth-order valence-electron chi connectivity index (χ4n) is 1.98. The van der Waals surface area contributed by atoms with Gasteiger partial charge in [-0.2, -0.15) is 5.10 Å². The Kier molecular flexibility index (Phi) is 10.5. The highest BCUT2D eigenvalue weighted by atomic mass is 35.5. The van der Waals surface area contributed by atoms with E-state index in [1.165, 1.54) is 13.3 Å². The Morgan fingerprint density at radius 3 is 2.44 bits per heavy atom. The van der Waals surface area contributed by atoms with E-state index in [-0.39, 0.29) is 31.4 Å². The molecule has 1 aromatic heterocycles. The number of amides is 2. The lowest BCUT2D eigenvalue weighted by atomic mass is 10.1. The highest BCUT2D eigenvalue weighted by Gasteiger charge is 2.25. The van der Waals surface area contributed by atoms with Crippen molar-refractivity contribution in [3.63, 3.8) is 0 Å². The van der Waals surface area contributed by atoms with Crippen LogP contribution in [0.3, 0.4) is 0 Å². The van der Waals surface area contributed by atoms with Gasteiger partial charge in [-0.25, -0.2) is 0 Å². The molecule has 25 heavy (non-hydrogen) atoms. The molecule has 8 nitrogen and oxygen atoms in total. The first-order chi connectivity index (χ1) is 11.1. The number of halogens is 2. The lowest BCUT2D eigenvalue weighted by Gasteiger charge is -2.20. The van der Waals surface area contributed by atoms with E-state index in [2.05, 4.69) is 20.8 Å². The Morgan fingerprint density at radius 1 is 1.20 bits per heavy atom. The minimum atomic E-state index is -0.880. The molecule has 1 heterocycles. The van der Waals surface area contributed by atoms with Gasteiger partial charge in [0.25, 0.3) is 5.91 Å². The van der Waals surface area contributed by atoms with Gasteiger partial charge in [-0.3, -0.25) is 14.7 Å². The lowest BCUT2D eigenvalue weighted by molar-refractivity contribution is -0.128. The molecule has 2 amide bonds. The number of aromatic nitrogens is 2. The summed E-state index contributed by atoms with van der Waals surface area (Å²) >= 11 is 0. The number of nitrogens with one attached hydrogen (secondary N) is 3. The van der Waals surface area contributed by atoms with Crippen molar-refractivity contribution < 1.29 is 14.3 Å². The minimum absolute atomic E-state index is 0. The van der Waals surface area contributed by atoms with Crippen LogP contribution in [0.4, 0.5) is 5.82 Å². The third-order valence-electron chi connectivity index (χ3n) is 3.12. The first kappa shape index (κ1) is 22.9. The maximum atomic E-state index is 12.5. The monoisotopic (exact) mass is 389 g/mol. The molecule has 0 bridgehead atoms. The van der Waals surface area contributed by atoms with E-state index >= 15 is 0 Å². The van der Waals surface area contributed by atoms with E-state index < -0.39 is 23.9 Å². The summed E-state index contributed by atoms with van der Waals surface area (Å²) in [7, 11) is 1.45. The molecule has 0 aliphatic carbocycles. The number of benzene rings is 1. The van der Waals surface area contributed by atoms with Crippen molar-refractivity contribution in [2.45, 2.75) is 12.1 Å². The van der Waals surface area contributed by atoms with Crippen LogP contribution in [0.5, 0.6) is 0 Å². The average Bonchev–Trinajstić information content (AvgIpc) is 3.06. The summed E-state index contributed by atoms with van der Waals surface area (Å²) < 4.78 is 4.86. The van der Waals surface area contributed by atoms with Gasteiger partial charge in [0.05, 0.1) is 12.8 Å². The van der Waals surface area contributed by atoms with E-state index in [1.807, 2.05) is 6.07 Å². The largest absolute Gasteiger partial charge is 0.383 e. The van der Waals surface area contributed by atoms with Crippen molar-refractivity contribution in [3.8, 4) is 0 Å². The predicted octanol–water partition coefficient (Wildman–Crippen LogP) is 1.02. The summed E-state index contributed by atoms with van der Waals surface area (Å²) in [6.07, 6.45) is 1.51. The van der Waals surface area contributed by atoms with Gasteiger partial charge in [0, 0.05) is 13.2 Å². The van der Waals surface area contributed by atoms with Crippen LogP contribution in [0, 0.1) is 0 Å². The Bertz CT molecular complexity index is 640. The molecule has 0 fully saturated rings. The Hall–Kier alpha value is -2.13. The van der Waals surface area contributed by atoms with Crippen molar-refractivity contribution in [1.29, 1.82) is 0 Å². The molecule has 0 radical (unpaired) electrons. The highest BCUT2D eigenvalue weighted by Crippen LogP contribution is 2.15. The van der Waals surface area contributed by atoms with Crippen molar-refractivity contribution in [2.75, 3.05) is 19.0 Å². The smallest absolute Gasteiger partial charge is 0.252 e. The van der Waals surface area contributed by atoms with E-state index in [9.17, 15) is 9.59 Å². The van der Waals surface area contributed by atoms with E-state index in [1.54, 1.807) is 30.3 Å². The van der Waals surface area contributed by atoms with Gasteiger partial charge < -0.3 is 21.1 Å². The van der Waals surface area contributed by atoms with Crippen LogP contribution in [0.2, 0.25) is 0 Å². The van der Waals surface area contributed by atoms with Crippen molar-refractivity contribution in [2.24, 2.45) is 5.73 Å². The second-order valence-corrected chi connectivity index (χ2v) is 4.87. The fraction of sp³-hybridized carbons (Fsp3) is 0.267. The summed E-state index contributed by atoms with van der Waals surface area (Å²) in [6.45, 7) is 0.0650. The first-order valence-electron chi connectivity index (χ1n) is 7.02. The zero-order valence-corrected chi connectivity index (χ0v) is 15.1. The van der Waals surface area contributed by atoms with Crippen molar-refractivity contribution in [1.82, 2.24) is 15.5 Å². The number of aromatic amines is 1. The summed E-state index contributed by atoms with van der Waals surface area (Å²) in [4.78, 5) is 24.6. The van der Waals surface area contributed by atoms with Crippen LogP contribution >= 0.6 is 24.8 Å². The molecule has 0 spiro atoms. The topological polar surface area (TPSA) is 122 Å². The molecule has 2 atom stereocenters. The standard InChI is InChI=1S/C15H19N5O3.2ClH/c1-23-9-11(16)14(21)19-13(10-5-3-2-4-6-10)15(22)18-12-7-8-17-20-12;;/h2-8,11,13H,9,16H2,1H3,(H,19,21)(H2,17,18,20,22);2*1H. The van der Waals surface area contributed by atoms with Gasteiger partial charge in [-0.1, -0.05) is 30.3 Å². The van der Waals surface area contributed by atoms with Crippen molar-refractivity contribution in [3.05, 3.63) is 48.2 Å². The first-order valence-corrected chi connectivity index (χ1v) is 7.02. The molecule has 138 valence electrons. The summed E-state index contributed by atoms with van der Waals surface area (Å²) in [5, 5.41) is 11.7. The van der Waals surface area contributed by atoms with E-state index in [4.69, 9.17) is 10.5 Å². The molecule has 0 aliphatic heterocycles. The second-order valence-electron chi connectivity index (χ2n) is 4.87. The number of carbonyl (C=O) groups excluding carboxylic acids is 2. The van der Waals surface area contributed by atoms with Gasteiger partial charge in [-0.05, 0) is 5.56 Å². The van der Waals surface area contributed by atoms with Crippen LogP contribution in [0.25, 0.3) is 0 Å². The second kappa shape index (κ2) is 11.4. The molecule has 5 N–H and O–H groups in total. The molecule has 1 aromatic carbocycles. The van der Waals surface area contributed by atoms with Crippen LogP contribution in [-0.4, -0.2) is 41.8 Å². The zero-order valence-electron chi connectivity index (χ0n) is 13.5. The maximum absolute atomic E-state index is 12.5. The number of carbonyl (C=O) groups is 2. The number of anilines is 1. The number of H-pyrrole nitrogens is 1. The fourth-order valence-corrected chi connectivity index (χ4v) is 1.98. The number of rotatable bonds is 7. The number of methoxy groups -OCH3 is 1. The molecule has 2 aromatic rings. The van der Waals surface area contributed by atoms with E-state index in [0.29, 0.717) is 11.4 Å². The van der Waals surface area contributed by atoms with Crippen LogP contribution < -0.4 is 16.4 Å². The molecule has 0 saturated carbocycles.